The van der Waals surface area contributed by atoms with Crippen LogP contribution in [0, 0.1) is 5.41 Å². The molecule has 1 aromatic carbocycles. The molecule has 0 spiro atoms. The Balaban J connectivity index is 0.00000338. The van der Waals surface area contributed by atoms with Crippen molar-refractivity contribution < 1.29 is 9.21 Å². The monoisotopic (exact) mass is 472 g/mol. The molecule has 0 aliphatic carbocycles. The molecule has 1 heterocycles. The summed E-state index contributed by atoms with van der Waals surface area (Å²) in [4.78, 5) is 18.6. The van der Waals surface area contributed by atoms with E-state index in [9.17, 15) is 4.79 Å². The minimum atomic E-state index is -0.560. The third-order valence-corrected chi connectivity index (χ3v) is 4.03. The normalized spacial score (nSPS) is 11.8. The summed E-state index contributed by atoms with van der Waals surface area (Å²) in [6.07, 6.45) is 0. The molecule has 0 bridgehead atoms. The Morgan fingerprint density at radius 3 is 2.62 bits per heavy atom. The molecule has 2 rings (SSSR count). The number of nitrogens with zero attached hydrogens (tertiary/aromatic N) is 2. The molecule has 0 atom stereocenters. The molecule has 0 saturated heterocycles. The van der Waals surface area contributed by atoms with Crippen LogP contribution in [0.1, 0.15) is 26.5 Å². The van der Waals surface area contributed by atoms with Gasteiger partial charge >= 0.3 is 0 Å². The van der Waals surface area contributed by atoms with Crippen molar-refractivity contribution in [3.05, 3.63) is 36.1 Å². The van der Waals surface area contributed by atoms with E-state index in [1.165, 1.54) is 0 Å². The Hall–Kier alpha value is -1.77. The zero-order chi connectivity index (χ0) is 18.4. The summed E-state index contributed by atoms with van der Waals surface area (Å²) in [6.45, 7) is 7.55. The molecule has 1 amide bonds. The zero-order valence-corrected chi connectivity index (χ0v) is 18.5. The summed E-state index contributed by atoms with van der Waals surface area (Å²) in [5, 5.41) is 7.05. The third-order valence-electron chi connectivity index (χ3n) is 4.03. The molecule has 0 fully saturated rings. The van der Waals surface area contributed by atoms with Gasteiger partial charge in [0.1, 0.15) is 11.3 Å². The number of hydrogen-bond donors (Lipinski definition) is 2. The van der Waals surface area contributed by atoms with E-state index in [0.29, 0.717) is 13.1 Å². The summed E-state index contributed by atoms with van der Waals surface area (Å²) in [6, 6.07) is 10.0. The van der Waals surface area contributed by atoms with E-state index in [0.717, 1.165) is 29.2 Å². The highest BCUT2D eigenvalue weighted by molar-refractivity contribution is 14.0. The number of carbonyl (C=O) groups is 1. The molecule has 7 heteroatoms. The van der Waals surface area contributed by atoms with Gasteiger partial charge in [-0.05, 0) is 32.9 Å². The van der Waals surface area contributed by atoms with E-state index in [1.807, 2.05) is 63.1 Å². The molecule has 0 radical (unpaired) electrons. The number of para-hydroxylation sites is 1. The van der Waals surface area contributed by atoms with Crippen molar-refractivity contribution in [2.45, 2.75) is 27.3 Å². The first-order chi connectivity index (χ1) is 11.9. The molecule has 144 valence electrons. The first kappa shape index (κ1) is 22.3. The van der Waals surface area contributed by atoms with Crippen molar-refractivity contribution in [2.75, 3.05) is 27.2 Å². The number of furan rings is 1. The van der Waals surface area contributed by atoms with E-state index in [2.05, 4.69) is 15.6 Å². The van der Waals surface area contributed by atoms with Crippen molar-refractivity contribution in [3.63, 3.8) is 0 Å². The Labute approximate surface area is 172 Å². The van der Waals surface area contributed by atoms with Crippen molar-refractivity contribution >= 4 is 46.8 Å². The first-order valence-electron chi connectivity index (χ1n) is 8.56. The maximum Gasteiger partial charge on any atom is 0.227 e. The number of hydrogen-bond acceptors (Lipinski definition) is 3. The van der Waals surface area contributed by atoms with E-state index in [-0.39, 0.29) is 29.9 Å². The van der Waals surface area contributed by atoms with E-state index in [1.54, 1.807) is 7.05 Å². The zero-order valence-electron chi connectivity index (χ0n) is 16.1. The fourth-order valence-corrected chi connectivity index (χ4v) is 2.58. The van der Waals surface area contributed by atoms with Crippen molar-refractivity contribution in [3.8, 4) is 0 Å². The van der Waals surface area contributed by atoms with Crippen LogP contribution < -0.4 is 10.6 Å². The number of rotatable bonds is 6. The molecule has 2 N–H and O–H groups in total. The van der Waals surface area contributed by atoms with Crippen LogP contribution in [0.25, 0.3) is 11.0 Å². The lowest BCUT2D eigenvalue weighted by atomic mass is 9.93. The average Bonchev–Trinajstić information content (AvgIpc) is 2.99. The number of benzene rings is 1. The third kappa shape index (κ3) is 5.62. The standard InChI is InChI=1S/C19H28N4O2.HI/c1-6-21-18(22-13-19(2,3)17(24)20-4)23(5)12-15-11-14-9-7-8-10-16(14)25-15;/h7-11H,6,12-13H2,1-5H3,(H,20,24)(H,21,22);1H. The molecule has 26 heavy (non-hydrogen) atoms. The number of nitrogens with one attached hydrogen (secondary N) is 2. The second-order valence-electron chi connectivity index (χ2n) is 6.74. The van der Waals surface area contributed by atoms with Crippen LogP contribution in [0.5, 0.6) is 0 Å². The van der Waals surface area contributed by atoms with Gasteiger partial charge in [-0.15, -0.1) is 24.0 Å². The van der Waals surface area contributed by atoms with Gasteiger partial charge in [0.25, 0.3) is 0 Å². The van der Waals surface area contributed by atoms with Gasteiger partial charge in [0, 0.05) is 26.0 Å². The smallest absolute Gasteiger partial charge is 0.227 e. The van der Waals surface area contributed by atoms with Crippen LogP contribution in [-0.2, 0) is 11.3 Å². The summed E-state index contributed by atoms with van der Waals surface area (Å²) in [7, 11) is 3.61. The highest BCUT2D eigenvalue weighted by atomic mass is 127. The number of guanidine groups is 1. The minimum absolute atomic E-state index is 0. The van der Waals surface area contributed by atoms with Gasteiger partial charge in [0.05, 0.1) is 18.5 Å². The second-order valence-corrected chi connectivity index (χ2v) is 6.74. The number of amides is 1. The summed E-state index contributed by atoms with van der Waals surface area (Å²) >= 11 is 0. The van der Waals surface area contributed by atoms with Crippen LogP contribution in [-0.4, -0.2) is 44.0 Å². The molecular weight excluding hydrogens is 443 g/mol. The number of aliphatic imine (C=N–C) groups is 1. The predicted octanol–water partition coefficient (Wildman–Crippen LogP) is 3.22. The first-order valence-corrected chi connectivity index (χ1v) is 8.56. The van der Waals surface area contributed by atoms with Gasteiger partial charge in [-0.1, -0.05) is 18.2 Å². The van der Waals surface area contributed by atoms with Gasteiger partial charge in [-0.25, -0.2) is 0 Å². The van der Waals surface area contributed by atoms with E-state index < -0.39 is 5.41 Å². The number of fused-ring (bicyclic) bond motifs is 1. The number of carbonyl (C=O) groups excluding carboxylic acids is 1. The lowest BCUT2D eigenvalue weighted by Gasteiger charge is -2.24. The van der Waals surface area contributed by atoms with Crippen molar-refractivity contribution in [1.29, 1.82) is 0 Å². The second kappa shape index (κ2) is 9.80. The SMILES string of the molecule is CCNC(=NCC(C)(C)C(=O)NC)N(C)Cc1cc2ccccc2o1.I. The highest BCUT2D eigenvalue weighted by Gasteiger charge is 2.26. The van der Waals surface area contributed by atoms with Gasteiger partial charge in [-0.3, -0.25) is 9.79 Å². The Kier molecular flexibility index (Phi) is 8.39. The molecule has 0 aliphatic heterocycles. The lowest BCUT2D eigenvalue weighted by molar-refractivity contribution is -0.128. The average molecular weight is 472 g/mol. The molecular formula is C19H29IN4O2. The van der Waals surface area contributed by atoms with Crippen LogP contribution in [0.3, 0.4) is 0 Å². The Morgan fingerprint density at radius 1 is 1.31 bits per heavy atom. The van der Waals surface area contributed by atoms with Gasteiger partial charge < -0.3 is 20.0 Å². The Bertz CT molecular complexity index is 722. The van der Waals surface area contributed by atoms with Crippen LogP contribution in [0.2, 0.25) is 0 Å². The molecule has 2 aromatic rings. The molecule has 1 aromatic heterocycles. The fourth-order valence-electron chi connectivity index (χ4n) is 2.58. The summed E-state index contributed by atoms with van der Waals surface area (Å²) in [5.41, 5.74) is 0.323. The fraction of sp³-hybridized carbons (Fsp3) is 0.474. The van der Waals surface area contributed by atoms with Crippen molar-refractivity contribution in [2.24, 2.45) is 10.4 Å². The van der Waals surface area contributed by atoms with Gasteiger partial charge in [-0.2, -0.15) is 0 Å². The molecule has 0 unspecified atom stereocenters. The topological polar surface area (TPSA) is 69.9 Å². The van der Waals surface area contributed by atoms with Crippen LogP contribution >= 0.6 is 24.0 Å². The summed E-state index contributed by atoms with van der Waals surface area (Å²) < 4.78 is 5.88. The lowest BCUT2D eigenvalue weighted by Crippen LogP contribution is -2.41. The summed E-state index contributed by atoms with van der Waals surface area (Å²) in [5.74, 6) is 1.60. The maximum absolute atomic E-state index is 11.9. The van der Waals surface area contributed by atoms with E-state index in [4.69, 9.17) is 4.42 Å². The van der Waals surface area contributed by atoms with Crippen LogP contribution in [0.4, 0.5) is 0 Å². The van der Waals surface area contributed by atoms with Crippen molar-refractivity contribution in [1.82, 2.24) is 15.5 Å². The minimum Gasteiger partial charge on any atom is -0.459 e. The largest absolute Gasteiger partial charge is 0.459 e. The predicted molar refractivity (Wildman–Crippen MR) is 117 cm³/mol. The molecule has 0 saturated carbocycles. The highest BCUT2D eigenvalue weighted by Crippen LogP contribution is 2.20. The number of halogens is 1. The van der Waals surface area contributed by atoms with Gasteiger partial charge in [0.2, 0.25) is 5.91 Å². The van der Waals surface area contributed by atoms with Crippen LogP contribution in [0.15, 0.2) is 39.7 Å². The quantitative estimate of drug-likeness (QED) is 0.385. The van der Waals surface area contributed by atoms with Gasteiger partial charge in [0.15, 0.2) is 5.96 Å². The molecule has 6 nitrogen and oxygen atoms in total. The van der Waals surface area contributed by atoms with E-state index >= 15 is 0 Å². The maximum atomic E-state index is 11.9. The molecule has 0 aliphatic rings. The Morgan fingerprint density at radius 2 is 2.00 bits per heavy atom.